The Balaban J connectivity index is 2.31. The van der Waals surface area contributed by atoms with Gasteiger partial charge in [-0.15, -0.1) is 0 Å². The number of nitrogens with zero attached hydrogens (tertiary/aromatic N) is 1. The summed E-state index contributed by atoms with van der Waals surface area (Å²) in [5.74, 6) is 0. The molecule has 0 saturated carbocycles. The highest BCUT2D eigenvalue weighted by Crippen LogP contribution is 2.39. The average molecular weight is 195 g/mol. The number of piperidine rings is 1. The van der Waals surface area contributed by atoms with Gasteiger partial charge in [-0.1, -0.05) is 0 Å². The second-order valence-corrected chi connectivity index (χ2v) is 4.29. The number of phosphoric ester groups is 1. The molecule has 0 aromatic rings. The van der Waals surface area contributed by atoms with Crippen LogP contribution in [0.1, 0.15) is 12.8 Å². The van der Waals surface area contributed by atoms with Crippen molar-refractivity contribution in [3.63, 3.8) is 0 Å². The first-order valence-corrected chi connectivity index (χ1v) is 5.43. The van der Waals surface area contributed by atoms with Gasteiger partial charge in [0.25, 0.3) is 0 Å². The van der Waals surface area contributed by atoms with Crippen molar-refractivity contribution in [1.82, 2.24) is 4.90 Å². The van der Waals surface area contributed by atoms with Crippen LogP contribution >= 0.6 is 7.82 Å². The van der Waals surface area contributed by atoms with Crippen LogP contribution in [0.2, 0.25) is 0 Å². The molecule has 1 aliphatic rings. The molecule has 1 heterocycles. The number of rotatable bonds is 2. The number of phosphoric acid groups is 1. The van der Waals surface area contributed by atoms with Gasteiger partial charge in [0.05, 0.1) is 6.10 Å². The van der Waals surface area contributed by atoms with Crippen LogP contribution < -0.4 is 0 Å². The molecule has 0 atom stereocenters. The zero-order chi connectivity index (χ0) is 9.19. The zero-order valence-electron chi connectivity index (χ0n) is 7.01. The maximum Gasteiger partial charge on any atom is 0.469 e. The molecular weight excluding hydrogens is 181 g/mol. The molecule has 0 aromatic carbocycles. The fourth-order valence-electron chi connectivity index (χ4n) is 1.28. The van der Waals surface area contributed by atoms with E-state index in [1.807, 2.05) is 7.05 Å². The molecule has 0 amide bonds. The highest BCUT2D eigenvalue weighted by molar-refractivity contribution is 7.46. The van der Waals surface area contributed by atoms with E-state index in [9.17, 15) is 4.57 Å². The molecule has 0 bridgehead atoms. The largest absolute Gasteiger partial charge is 0.469 e. The highest BCUT2D eigenvalue weighted by atomic mass is 31.2. The van der Waals surface area contributed by atoms with Crippen LogP contribution in [0.5, 0.6) is 0 Å². The first-order chi connectivity index (χ1) is 5.47. The Kier molecular flexibility index (Phi) is 3.26. The van der Waals surface area contributed by atoms with Crippen LogP contribution in [-0.4, -0.2) is 40.9 Å². The van der Waals surface area contributed by atoms with E-state index in [1.165, 1.54) is 0 Å². The standard InChI is InChI=1S/C6H14NO4P/c1-7-4-2-6(3-5-7)11-12(8,9)10/h6H,2-5H2,1H3,(H2,8,9,10). The van der Waals surface area contributed by atoms with Crippen molar-refractivity contribution < 1.29 is 18.9 Å². The minimum atomic E-state index is -4.27. The van der Waals surface area contributed by atoms with E-state index in [2.05, 4.69) is 9.42 Å². The molecule has 1 rings (SSSR count). The lowest BCUT2D eigenvalue weighted by Crippen LogP contribution is -2.33. The van der Waals surface area contributed by atoms with Crippen LogP contribution in [-0.2, 0) is 9.09 Å². The SMILES string of the molecule is CN1CCC(OP(=O)(O)O)CC1. The van der Waals surface area contributed by atoms with E-state index in [0.717, 1.165) is 13.1 Å². The quantitative estimate of drug-likeness (QED) is 0.615. The molecule has 0 aliphatic carbocycles. The first-order valence-electron chi connectivity index (χ1n) is 3.90. The van der Waals surface area contributed by atoms with E-state index in [0.29, 0.717) is 12.8 Å². The summed E-state index contributed by atoms with van der Waals surface area (Å²) >= 11 is 0. The van der Waals surface area contributed by atoms with Crippen LogP contribution in [0.15, 0.2) is 0 Å². The van der Waals surface area contributed by atoms with Gasteiger partial charge >= 0.3 is 7.82 Å². The summed E-state index contributed by atoms with van der Waals surface area (Å²) in [6.07, 6.45) is 1.12. The molecule has 1 aliphatic heterocycles. The van der Waals surface area contributed by atoms with Crippen molar-refractivity contribution in [1.29, 1.82) is 0 Å². The maximum absolute atomic E-state index is 10.4. The third-order valence-electron chi connectivity index (χ3n) is 1.95. The van der Waals surface area contributed by atoms with Crippen molar-refractivity contribution in [2.75, 3.05) is 20.1 Å². The van der Waals surface area contributed by atoms with Crippen molar-refractivity contribution >= 4 is 7.82 Å². The van der Waals surface area contributed by atoms with Crippen LogP contribution in [0, 0.1) is 0 Å². The van der Waals surface area contributed by atoms with Gasteiger partial charge in [-0.05, 0) is 19.9 Å². The second-order valence-electron chi connectivity index (χ2n) is 3.10. The van der Waals surface area contributed by atoms with Crippen LogP contribution in [0.4, 0.5) is 0 Å². The molecule has 0 spiro atoms. The van der Waals surface area contributed by atoms with Gasteiger partial charge in [0, 0.05) is 13.1 Å². The summed E-state index contributed by atoms with van der Waals surface area (Å²) in [6.45, 7) is 1.68. The molecule has 2 N–H and O–H groups in total. The van der Waals surface area contributed by atoms with Gasteiger partial charge in [0.2, 0.25) is 0 Å². The maximum atomic E-state index is 10.4. The third-order valence-corrected chi connectivity index (χ3v) is 2.52. The van der Waals surface area contributed by atoms with Gasteiger partial charge in [0.15, 0.2) is 0 Å². The Bertz CT molecular complexity index is 184. The van der Waals surface area contributed by atoms with Crippen molar-refractivity contribution in [2.45, 2.75) is 18.9 Å². The molecule has 1 saturated heterocycles. The predicted molar refractivity (Wildman–Crippen MR) is 43.6 cm³/mol. The molecule has 0 radical (unpaired) electrons. The number of likely N-dealkylation sites (tertiary alicyclic amines) is 1. The van der Waals surface area contributed by atoms with E-state index in [1.54, 1.807) is 0 Å². The Morgan fingerprint density at radius 2 is 1.92 bits per heavy atom. The van der Waals surface area contributed by atoms with E-state index < -0.39 is 7.82 Å². The van der Waals surface area contributed by atoms with Gasteiger partial charge in [-0.25, -0.2) is 4.57 Å². The van der Waals surface area contributed by atoms with Crippen molar-refractivity contribution in [2.24, 2.45) is 0 Å². The van der Waals surface area contributed by atoms with Gasteiger partial charge in [0.1, 0.15) is 0 Å². The molecular formula is C6H14NO4P. The molecule has 1 fully saturated rings. The molecule has 0 aromatic heterocycles. The first kappa shape index (κ1) is 10.2. The average Bonchev–Trinajstić information content (AvgIpc) is 1.91. The van der Waals surface area contributed by atoms with Crippen LogP contribution in [0.3, 0.4) is 0 Å². The van der Waals surface area contributed by atoms with E-state index in [4.69, 9.17) is 9.79 Å². The Morgan fingerprint density at radius 3 is 2.33 bits per heavy atom. The minimum Gasteiger partial charge on any atom is -0.306 e. The molecule has 5 nitrogen and oxygen atoms in total. The lowest BCUT2D eigenvalue weighted by atomic mass is 10.1. The third kappa shape index (κ3) is 3.65. The monoisotopic (exact) mass is 195 g/mol. The van der Waals surface area contributed by atoms with E-state index in [-0.39, 0.29) is 6.10 Å². The predicted octanol–water partition coefficient (Wildman–Crippen LogP) is 0.190. The summed E-state index contributed by atoms with van der Waals surface area (Å²) in [5, 5.41) is 0. The summed E-state index contributed by atoms with van der Waals surface area (Å²) in [4.78, 5) is 19.1. The summed E-state index contributed by atoms with van der Waals surface area (Å²) < 4.78 is 15.0. The molecule has 72 valence electrons. The topological polar surface area (TPSA) is 70.0 Å². The van der Waals surface area contributed by atoms with Gasteiger partial charge in [-0.3, -0.25) is 4.52 Å². The van der Waals surface area contributed by atoms with E-state index >= 15 is 0 Å². The zero-order valence-corrected chi connectivity index (χ0v) is 7.91. The fraction of sp³-hybridized carbons (Fsp3) is 1.00. The summed E-state index contributed by atoms with van der Waals surface area (Å²) in [6, 6.07) is 0. The van der Waals surface area contributed by atoms with Crippen molar-refractivity contribution in [3.8, 4) is 0 Å². The van der Waals surface area contributed by atoms with Crippen molar-refractivity contribution in [3.05, 3.63) is 0 Å². The second kappa shape index (κ2) is 3.85. The van der Waals surface area contributed by atoms with Gasteiger partial charge < -0.3 is 14.7 Å². The number of hydrogen-bond donors (Lipinski definition) is 2. The lowest BCUT2D eigenvalue weighted by molar-refractivity contribution is 0.0798. The Morgan fingerprint density at radius 1 is 1.42 bits per heavy atom. The Hall–Kier alpha value is 0.0700. The molecule has 6 heteroatoms. The summed E-state index contributed by atoms with van der Waals surface area (Å²) in [5.41, 5.74) is 0. The smallest absolute Gasteiger partial charge is 0.306 e. The minimum absolute atomic E-state index is 0.276. The molecule has 12 heavy (non-hydrogen) atoms. The lowest BCUT2D eigenvalue weighted by Gasteiger charge is -2.28. The number of hydrogen-bond acceptors (Lipinski definition) is 3. The summed E-state index contributed by atoms with van der Waals surface area (Å²) in [7, 11) is -2.29. The molecule has 0 unspecified atom stereocenters. The van der Waals surface area contributed by atoms with Gasteiger partial charge in [-0.2, -0.15) is 0 Å². The normalized spacial score (nSPS) is 22.9. The van der Waals surface area contributed by atoms with Crippen LogP contribution in [0.25, 0.3) is 0 Å². The fourth-order valence-corrected chi connectivity index (χ4v) is 1.88. The Labute approximate surface area is 71.6 Å². The highest BCUT2D eigenvalue weighted by Gasteiger charge is 2.24.